The number of fused-ring (bicyclic) bond motifs is 1. The fourth-order valence-electron chi connectivity index (χ4n) is 1.92. The summed E-state index contributed by atoms with van der Waals surface area (Å²) in [6.07, 6.45) is 1.62. The second kappa shape index (κ2) is 4.53. The average molecular weight is 237 g/mol. The zero-order valence-corrected chi connectivity index (χ0v) is 9.66. The summed E-state index contributed by atoms with van der Waals surface area (Å²) in [5, 5.41) is 9.15. The highest BCUT2D eigenvalue weighted by Crippen LogP contribution is 2.41. The fourth-order valence-corrected chi connectivity index (χ4v) is 1.92. The van der Waals surface area contributed by atoms with Crippen molar-refractivity contribution in [3.63, 3.8) is 0 Å². The molecule has 1 heterocycles. The Morgan fingerprint density at radius 3 is 2.65 bits per heavy atom. The minimum atomic E-state index is -1.02. The molecule has 0 spiro atoms. The van der Waals surface area contributed by atoms with Gasteiger partial charge in [-0.25, -0.2) is 4.79 Å². The molecule has 1 aliphatic heterocycles. The molecule has 1 aliphatic rings. The summed E-state index contributed by atoms with van der Waals surface area (Å²) in [7, 11) is 0. The molecule has 5 heteroatoms. The first-order chi connectivity index (χ1) is 8.15. The van der Waals surface area contributed by atoms with Gasteiger partial charge in [-0.05, 0) is 18.1 Å². The van der Waals surface area contributed by atoms with Gasteiger partial charge in [0.05, 0.1) is 5.69 Å². The standard InChI is InChI=1S/C12H15NO4/c1-2-3-7-6-8(12(14)15)10-11(9(7)13)17-5-4-16-10/h6H,2-5,13H2,1H3,(H,14,15). The summed E-state index contributed by atoms with van der Waals surface area (Å²) in [4.78, 5) is 11.2. The van der Waals surface area contributed by atoms with Gasteiger partial charge >= 0.3 is 5.97 Å². The summed E-state index contributed by atoms with van der Waals surface area (Å²) in [5.41, 5.74) is 7.38. The molecule has 0 fully saturated rings. The van der Waals surface area contributed by atoms with Crippen molar-refractivity contribution in [1.82, 2.24) is 0 Å². The lowest BCUT2D eigenvalue weighted by Gasteiger charge is -2.23. The van der Waals surface area contributed by atoms with Crippen LogP contribution in [-0.2, 0) is 6.42 Å². The van der Waals surface area contributed by atoms with E-state index in [1.165, 1.54) is 0 Å². The number of ether oxygens (including phenoxy) is 2. The Morgan fingerprint density at radius 1 is 1.41 bits per heavy atom. The predicted molar refractivity (Wildman–Crippen MR) is 62.8 cm³/mol. The molecule has 0 atom stereocenters. The number of nitrogens with two attached hydrogens (primary N) is 1. The Morgan fingerprint density at radius 2 is 2.06 bits per heavy atom. The number of hydrogen-bond donors (Lipinski definition) is 2. The highest BCUT2D eigenvalue weighted by atomic mass is 16.6. The number of benzene rings is 1. The maximum absolute atomic E-state index is 11.2. The van der Waals surface area contributed by atoms with Crippen molar-refractivity contribution in [1.29, 1.82) is 0 Å². The third-order valence-corrected chi connectivity index (χ3v) is 2.69. The van der Waals surface area contributed by atoms with Gasteiger partial charge in [-0.15, -0.1) is 0 Å². The van der Waals surface area contributed by atoms with E-state index in [1.807, 2.05) is 6.92 Å². The number of anilines is 1. The van der Waals surface area contributed by atoms with Crippen LogP contribution in [0.1, 0.15) is 29.3 Å². The van der Waals surface area contributed by atoms with E-state index in [1.54, 1.807) is 6.07 Å². The maximum Gasteiger partial charge on any atom is 0.339 e. The number of aromatic carboxylic acids is 1. The molecule has 0 saturated heterocycles. The number of carboxylic acid groups (broad SMARTS) is 1. The molecule has 2 rings (SSSR count). The van der Waals surface area contributed by atoms with Crippen LogP contribution >= 0.6 is 0 Å². The SMILES string of the molecule is CCCc1cc(C(=O)O)c2c(c1N)OCCO2. The van der Waals surface area contributed by atoms with Crippen molar-refractivity contribution < 1.29 is 19.4 Å². The number of carboxylic acids is 1. The normalized spacial score (nSPS) is 13.5. The van der Waals surface area contributed by atoms with Crippen molar-refractivity contribution in [3.05, 3.63) is 17.2 Å². The van der Waals surface area contributed by atoms with Gasteiger partial charge in [-0.2, -0.15) is 0 Å². The topological polar surface area (TPSA) is 81.8 Å². The average Bonchev–Trinajstić information content (AvgIpc) is 2.32. The second-order valence-electron chi connectivity index (χ2n) is 3.91. The van der Waals surface area contributed by atoms with Crippen molar-refractivity contribution in [2.75, 3.05) is 18.9 Å². The third-order valence-electron chi connectivity index (χ3n) is 2.69. The van der Waals surface area contributed by atoms with E-state index in [0.29, 0.717) is 24.7 Å². The lowest BCUT2D eigenvalue weighted by Crippen LogP contribution is -2.19. The predicted octanol–water partition coefficient (Wildman–Crippen LogP) is 1.69. The number of carbonyl (C=O) groups is 1. The highest BCUT2D eigenvalue weighted by Gasteiger charge is 2.25. The molecule has 1 aromatic rings. The van der Waals surface area contributed by atoms with Gasteiger partial charge < -0.3 is 20.3 Å². The molecular formula is C12H15NO4. The van der Waals surface area contributed by atoms with Crippen molar-refractivity contribution >= 4 is 11.7 Å². The Balaban J connectivity index is 2.59. The van der Waals surface area contributed by atoms with Gasteiger partial charge in [0.15, 0.2) is 11.5 Å². The summed E-state index contributed by atoms with van der Waals surface area (Å²) in [5.74, 6) is -0.398. The molecular weight excluding hydrogens is 222 g/mol. The van der Waals surface area contributed by atoms with Gasteiger partial charge in [0.1, 0.15) is 18.8 Å². The Hall–Kier alpha value is -1.91. The van der Waals surface area contributed by atoms with Crippen LogP contribution in [0.5, 0.6) is 11.5 Å². The number of hydrogen-bond acceptors (Lipinski definition) is 4. The van der Waals surface area contributed by atoms with Gasteiger partial charge in [-0.1, -0.05) is 13.3 Å². The first-order valence-electron chi connectivity index (χ1n) is 5.59. The zero-order chi connectivity index (χ0) is 12.4. The molecule has 5 nitrogen and oxygen atoms in total. The molecule has 0 aliphatic carbocycles. The van der Waals surface area contributed by atoms with Crippen LogP contribution < -0.4 is 15.2 Å². The van der Waals surface area contributed by atoms with Gasteiger partial charge in [-0.3, -0.25) is 0 Å². The van der Waals surface area contributed by atoms with Crippen LogP contribution in [0, 0.1) is 0 Å². The van der Waals surface area contributed by atoms with Crippen LogP contribution in [0.3, 0.4) is 0 Å². The maximum atomic E-state index is 11.2. The van der Waals surface area contributed by atoms with Crippen LogP contribution in [0.25, 0.3) is 0 Å². The molecule has 92 valence electrons. The lowest BCUT2D eigenvalue weighted by molar-refractivity contribution is 0.0686. The van der Waals surface area contributed by atoms with Crippen molar-refractivity contribution in [3.8, 4) is 11.5 Å². The van der Waals surface area contributed by atoms with Crippen molar-refractivity contribution in [2.45, 2.75) is 19.8 Å². The fraction of sp³-hybridized carbons (Fsp3) is 0.417. The van der Waals surface area contributed by atoms with Gasteiger partial charge in [0.25, 0.3) is 0 Å². The van der Waals surface area contributed by atoms with E-state index < -0.39 is 5.97 Å². The molecule has 0 aromatic heterocycles. The number of aryl methyl sites for hydroxylation is 1. The molecule has 0 saturated carbocycles. The smallest absolute Gasteiger partial charge is 0.339 e. The van der Waals surface area contributed by atoms with E-state index in [2.05, 4.69) is 0 Å². The second-order valence-corrected chi connectivity index (χ2v) is 3.91. The van der Waals surface area contributed by atoms with E-state index in [9.17, 15) is 4.79 Å². The van der Waals surface area contributed by atoms with Crippen LogP contribution in [0.15, 0.2) is 6.07 Å². The Labute approximate surface area is 99.1 Å². The summed E-state index contributed by atoms with van der Waals surface area (Å²) in [6.45, 7) is 2.75. The largest absolute Gasteiger partial charge is 0.485 e. The molecule has 17 heavy (non-hydrogen) atoms. The van der Waals surface area contributed by atoms with Crippen LogP contribution in [0.2, 0.25) is 0 Å². The summed E-state index contributed by atoms with van der Waals surface area (Å²) < 4.78 is 10.8. The van der Waals surface area contributed by atoms with Crippen LogP contribution in [0.4, 0.5) is 5.69 Å². The molecule has 0 unspecified atom stereocenters. The summed E-state index contributed by atoms with van der Waals surface area (Å²) in [6, 6.07) is 1.58. The molecule has 0 amide bonds. The zero-order valence-electron chi connectivity index (χ0n) is 9.66. The molecule has 3 N–H and O–H groups in total. The molecule has 0 radical (unpaired) electrons. The van der Waals surface area contributed by atoms with E-state index >= 15 is 0 Å². The van der Waals surface area contributed by atoms with Crippen LogP contribution in [-0.4, -0.2) is 24.3 Å². The minimum absolute atomic E-state index is 0.123. The van der Waals surface area contributed by atoms with E-state index in [-0.39, 0.29) is 11.3 Å². The van der Waals surface area contributed by atoms with E-state index in [4.69, 9.17) is 20.3 Å². The highest BCUT2D eigenvalue weighted by molar-refractivity contribution is 5.94. The molecule has 1 aromatic carbocycles. The van der Waals surface area contributed by atoms with Gasteiger partial charge in [0.2, 0.25) is 0 Å². The third kappa shape index (κ3) is 2.00. The first-order valence-corrected chi connectivity index (χ1v) is 5.59. The lowest BCUT2D eigenvalue weighted by atomic mass is 10.0. The van der Waals surface area contributed by atoms with Gasteiger partial charge in [0, 0.05) is 0 Å². The Kier molecular flexibility index (Phi) is 3.08. The number of nitrogen functional groups attached to an aromatic ring is 1. The quantitative estimate of drug-likeness (QED) is 0.782. The summed E-state index contributed by atoms with van der Waals surface area (Å²) >= 11 is 0. The molecule has 0 bridgehead atoms. The van der Waals surface area contributed by atoms with Crippen molar-refractivity contribution in [2.24, 2.45) is 0 Å². The first kappa shape index (κ1) is 11.6. The number of rotatable bonds is 3. The van der Waals surface area contributed by atoms with E-state index in [0.717, 1.165) is 18.4 Å². The monoisotopic (exact) mass is 237 g/mol. The minimum Gasteiger partial charge on any atom is -0.485 e. The Bertz CT molecular complexity index is 456.